The van der Waals surface area contributed by atoms with E-state index in [-0.39, 0.29) is 5.91 Å². The van der Waals surface area contributed by atoms with E-state index >= 15 is 0 Å². The summed E-state index contributed by atoms with van der Waals surface area (Å²) in [6.07, 6.45) is 8.04. The van der Waals surface area contributed by atoms with Crippen LogP contribution in [0.15, 0.2) is 53.5 Å². The minimum absolute atomic E-state index is 0.0447. The summed E-state index contributed by atoms with van der Waals surface area (Å²) < 4.78 is 23.6. The van der Waals surface area contributed by atoms with Crippen LogP contribution in [0.5, 0.6) is 5.75 Å². The van der Waals surface area contributed by atoms with Crippen molar-refractivity contribution >= 4 is 23.2 Å². The lowest BCUT2D eigenvalue weighted by molar-refractivity contribution is -0.121. The van der Waals surface area contributed by atoms with Crippen molar-refractivity contribution in [3.8, 4) is 11.4 Å². The molecule has 0 atom stereocenters. The summed E-state index contributed by atoms with van der Waals surface area (Å²) in [5, 5.41) is 20.7. The Bertz CT molecular complexity index is 1580. The number of tetrazole rings is 1. The molecule has 4 aromatic rings. The molecule has 0 radical (unpaired) electrons. The van der Waals surface area contributed by atoms with Crippen LogP contribution < -0.4 is 15.0 Å². The van der Waals surface area contributed by atoms with Crippen LogP contribution in [0.3, 0.4) is 0 Å². The molecule has 1 aromatic carbocycles. The third-order valence-electron chi connectivity index (χ3n) is 7.58. The minimum atomic E-state index is -0.0447. The van der Waals surface area contributed by atoms with E-state index in [1.165, 1.54) is 0 Å². The number of rotatable bonds is 21. The van der Waals surface area contributed by atoms with E-state index in [0.717, 1.165) is 53.6 Å². The highest BCUT2D eigenvalue weighted by molar-refractivity contribution is 7.09. The van der Waals surface area contributed by atoms with Gasteiger partial charge in [0.05, 0.1) is 56.0 Å². The number of nitrogens with one attached hydrogen (secondary N) is 1. The van der Waals surface area contributed by atoms with Gasteiger partial charge >= 0.3 is 0 Å². The average Bonchev–Trinajstić information content (AvgIpc) is 3.86. The van der Waals surface area contributed by atoms with Gasteiger partial charge in [-0.15, -0.1) is 16.4 Å². The maximum absolute atomic E-state index is 12.2. The minimum Gasteiger partial charge on any atom is -0.487 e. The molecule has 5 rings (SSSR count). The number of hydrogen-bond acceptors (Lipinski definition) is 14. The van der Waals surface area contributed by atoms with Crippen molar-refractivity contribution in [2.45, 2.75) is 38.2 Å². The first-order valence-electron chi connectivity index (χ1n) is 16.1. The van der Waals surface area contributed by atoms with Gasteiger partial charge in [-0.1, -0.05) is 5.11 Å². The second kappa shape index (κ2) is 19.9. The summed E-state index contributed by atoms with van der Waals surface area (Å²) in [7, 11) is 0. The number of aryl methyl sites for hydroxylation is 1. The summed E-state index contributed by atoms with van der Waals surface area (Å²) in [5.74, 6) is 1.83. The van der Waals surface area contributed by atoms with Gasteiger partial charge < -0.3 is 29.2 Å². The zero-order chi connectivity index (χ0) is 33.9. The van der Waals surface area contributed by atoms with Crippen molar-refractivity contribution in [2.75, 3.05) is 70.7 Å². The smallest absolute Gasteiger partial charge is 0.225 e. The fraction of sp³-hybridized carbons (Fsp3) is 0.516. The predicted molar refractivity (Wildman–Crippen MR) is 180 cm³/mol. The van der Waals surface area contributed by atoms with Crippen LogP contribution in [-0.2, 0) is 32.0 Å². The maximum atomic E-state index is 12.2. The summed E-state index contributed by atoms with van der Waals surface area (Å²) in [5.41, 5.74) is 10.9. The van der Waals surface area contributed by atoms with Crippen LogP contribution in [0.1, 0.15) is 41.4 Å². The van der Waals surface area contributed by atoms with E-state index in [1.54, 1.807) is 22.3 Å². The molecular weight excluding hydrogens is 652 g/mol. The largest absolute Gasteiger partial charge is 0.487 e. The van der Waals surface area contributed by atoms with Crippen molar-refractivity contribution in [3.63, 3.8) is 0 Å². The van der Waals surface area contributed by atoms with Gasteiger partial charge in [-0.3, -0.25) is 4.79 Å². The Hall–Kier alpha value is -4.74. The van der Waals surface area contributed by atoms with Gasteiger partial charge in [0.1, 0.15) is 18.7 Å². The molecule has 1 saturated heterocycles. The van der Waals surface area contributed by atoms with Gasteiger partial charge in [0.2, 0.25) is 11.9 Å². The number of piperidine rings is 1. The number of amides is 1. The quantitative estimate of drug-likeness (QED) is 0.0579. The number of aromatic nitrogens is 7. The molecule has 1 aliphatic heterocycles. The Morgan fingerprint density at radius 2 is 1.76 bits per heavy atom. The number of carbonyl (C=O) groups is 1. The molecule has 1 N–H and O–H groups in total. The Balaban J connectivity index is 0.911. The fourth-order valence-corrected chi connectivity index (χ4v) is 5.95. The van der Waals surface area contributed by atoms with Crippen molar-refractivity contribution in [2.24, 2.45) is 5.11 Å². The Labute approximate surface area is 287 Å². The lowest BCUT2D eigenvalue weighted by atomic mass is 9.98. The highest BCUT2D eigenvalue weighted by atomic mass is 32.1. The number of azide groups is 1. The van der Waals surface area contributed by atoms with Crippen molar-refractivity contribution < 1.29 is 23.7 Å². The number of carbonyl (C=O) groups excluding carboxylic acids is 1. The van der Waals surface area contributed by atoms with Crippen LogP contribution >= 0.6 is 11.3 Å². The highest BCUT2D eigenvalue weighted by Gasteiger charge is 2.24. The molecule has 0 spiro atoms. The zero-order valence-electron chi connectivity index (χ0n) is 27.2. The molecule has 260 valence electrons. The van der Waals surface area contributed by atoms with Gasteiger partial charge in [0.15, 0.2) is 0 Å². The fourth-order valence-electron chi connectivity index (χ4n) is 4.98. The molecule has 0 saturated carbocycles. The molecule has 18 heteroatoms. The molecule has 0 aliphatic carbocycles. The Morgan fingerprint density at radius 3 is 2.47 bits per heavy atom. The zero-order valence-corrected chi connectivity index (χ0v) is 28.0. The number of ether oxygens (including phenoxy) is 4. The lowest BCUT2D eigenvalue weighted by Gasteiger charge is -2.31. The topological polar surface area (TPSA) is 200 Å². The van der Waals surface area contributed by atoms with Crippen LogP contribution in [0.2, 0.25) is 0 Å². The van der Waals surface area contributed by atoms with Crippen LogP contribution in [0, 0.1) is 0 Å². The van der Waals surface area contributed by atoms with Crippen molar-refractivity contribution in [1.82, 2.24) is 40.5 Å². The van der Waals surface area contributed by atoms with E-state index in [1.807, 2.05) is 36.7 Å². The molecular formula is C31H40N12O5S. The van der Waals surface area contributed by atoms with Gasteiger partial charge in [0.25, 0.3) is 0 Å². The van der Waals surface area contributed by atoms with E-state index < -0.39 is 0 Å². The molecule has 3 aromatic heterocycles. The first-order valence-corrected chi connectivity index (χ1v) is 17.0. The van der Waals surface area contributed by atoms with E-state index in [2.05, 4.69) is 51.1 Å². The SMILES string of the molecule is [N-]=[N+]=NCCOCCOCCOCCNC(=O)CCc1cnc(N2CCC(c3nc(COc4ccc(-n5cnnn5)cc4)cs3)CC2)nc1. The van der Waals surface area contributed by atoms with Gasteiger partial charge in [0, 0.05) is 61.2 Å². The molecule has 17 nitrogen and oxygen atoms in total. The van der Waals surface area contributed by atoms with Crippen LogP contribution in [-0.4, -0.2) is 107 Å². The molecule has 0 unspecified atom stereocenters. The summed E-state index contributed by atoms with van der Waals surface area (Å²) in [6.45, 7) is 5.38. The van der Waals surface area contributed by atoms with Gasteiger partial charge in [-0.2, -0.15) is 0 Å². The number of nitrogens with zero attached hydrogens (tertiary/aromatic N) is 11. The number of benzene rings is 1. The van der Waals surface area contributed by atoms with Crippen molar-refractivity contribution in [3.05, 3.63) is 75.1 Å². The highest BCUT2D eigenvalue weighted by Crippen LogP contribution is 2.31. The first kappa shape index (κ1) is 35.6. The maximum Gasteiger partial charge on any atom is 0.225 e. The molecule has 0 bridgehead atoms. The average molecular weight is 693 g/mol. The number of anilines is 1. The Morgan fingerprint density at radius 1 is 1.02 bits per heavy atom. The second-order valence-corrected chi connectivity index (χ2v) is 11.9. The van der Waals surface area contributed by atoms with Gasteiger partial charge in [-0.25, -0.2) is 19.6 Å². The number of hydrogen-bond donors (Lipinski definition) is 1. The first-order chi connectivity index (χ1) is 24.2. The second-order valence-electron chi connectivity index (χ2n) is 11.0. The van der Waals surface area contributed by atoms with E-state index in [9.17, 15) is 4.79 Å². The lowest BCUT2D eigenvalue weighted by Crippen LogP contribution is -2.34. The Kier molecular flexibility index (Phi) is 14.5. The van der Waals surface area contributed by atoms with E-state index in [0.29, 0.717) is 84.0 Å². The van der Waals surface area contributed by atoms with Crippen LogP contribution in [0.25, 0.3) is 16.1 Å². The third-order valence-corrected chi connectivity index (χ3v) is 8.63. The monoisotopic (exact) mass is 692 g/mol. The van der Waals surface area contributed by atoms with Gasteiger partial charge in [-0.05, 0) is 65.0 Å². The third kappa shape index (κ3) is 12.0. The number of thiazole rings is 1. The van der Waals surface area contributed by atoms with Crippen LogP contribution in [0.4, 0.5) is 5.95 Å². The molecule has 1 aliphatic rings. The predicted octanol–water partition coefficient (Wildman–Crippen LogP) is 3.28. The molecule has 4 heterocycles. The molecule has 1 amide bonds. The summed E-state index contributed by atoms with van der Waals surface area (Å²) in [4.78, 5) is 31.1. The normalized spacial score (nSPS) is 13.3. The van der Waals surface area contributed by atoms with E-state index in [4.69, 9.17) is 29.5 Å². The summed E-state index contributed by atoms with van der Waals surface area (Å²) >= 11 is 1.69. The standard InChI is InChI=1S/C31H40N12O5S/c32-39-36-10-14-46-16-18-47-17-15-45-13-9-33-29(44)6-1-24-19-34-31(35-20-24)42-11-7-25(8-12-42)30-38-26(22-49-30)21-48-28-4-2-27(3-5-28)43-23-37-40-41-43/h2-5,19-20,22-23,25H,1,6-18,21H2,(H,33,44). The van der Waals surface area contributed by atoms with Crippen molar-refractivity contribution in [1.29, 1.82) is 0 Å². The summed E-state index contributed by atoms with van der Waals surface area (Å²) in [6, 6.07) is 7.60. The molecule has 1 fully saturated rings. The molecule has 49 heavy (non-hydrogen) atoms.